The highest BCUT2D eigenvalue weighted by Crippen LogP contribution is 2.65. The van der Waals surface area contributed by atoms with Gasteiger partial charge in [0, 0.05) is 17.5 Å². The second kappa shape index (κ2) is 5.35. The van der Waals surface area contributed by atoms with Crippen LogP contribution in [0.1, 0.15) is 29.5 Å². The molecule has 5 heteroatoms. The third-order valence-electron chi connectivity index (χ3n) is 7.51. The van der Waals surface area contributed by atoms with Gasteiger partial charge < -0.3 is 15.2 Å². The third kappa shape index (κ3) is 1.81. The van der Waals surface area contributed by atoms with E-state index >= 15 is 4.39 Å². The maximum absolute atomic E-state index is 17.0. The average molecular weight is 379 g/mol. The molecule has 1 spiro atoms. The minimum Gasteiger partial charge on any atom is -0.504 e. The zero-order chi connectivity index (χ0) is 19.1. The van der Waals surface area contributed by atoms with Crippen LogP contribution < -0.4 is 10.1 Å². The number of phenolic OH excluding ortho intramolecular Hbond substituents is 1. The van der Waals surface area contributed by atoms with Gasteiger partial charge in [0.25, 0.3) is 0 Å². The summed E-state index contributed by atoms with van der Waals surface area (Å²) in [4.78, 5) is 13.5. The molecule has 0 aromatic heterocycles. The highest BCUT2D eigenvalue weighted by molar-refractivity contribution is 5.92. The highest BCUT2D eigenvalue weighted by atomic mass is 19.1. The molecular formula is C23H22FNO3. The van der Waals surface area contributed by atoms with Crippen molar-refractivity contribution in [3.05, 3.63) is 59.2 Å². The summed E-state index contributed by atoms with van der Waals surface area (Å²) in [6.07, 6.45) is 0.934. The monoisotopic (exact) mass is 379 g/mol. The Labute approximate surface area is 162 Å². The molecule has 2 aliphatic heterocycles. The summed E-state index contributed by atoms with van der Waals surface area (Å²) < 4.78 is 23.0. The van der Waals surface area contributed by atoms with E-state index in [-0.39, 0.29) is 24.0 Å². The Kier molecular flexibility index (Phi) is 3.16. The Morgan fingerprint density at radius 1 is 1.21 bits per heavy atom. The number of nitrogens with one attached hydrogen (secondary N) is 1. The van der Waals surface area contributed by atoms with Crippen LogP contribution in [-0.4, -0.2) is 35.2 Å². The Bertz CT molecular complexity index is 993. The number of hydrogen-bond acceptors (Lipinski definition) is 4. The number of alkyl halides is 1. The number of rotatable bonds is 2. The zero-order valence-electron chi connectivity index (χ0n) is 15.5. The number of ether oxygens (including phenoxy) is 1. The molecule has 2 aromatic carbocycles. The first kappa shape index (κ1) is 16.5. The van der Waals surface area contributed by atoms with E-state index in [0.29, 0.717) is 31.6 Å². The fourth-order valence-electron chi connectivity index (χ4n) is 6.37. The molecule has 0 amide bonds. The van der Waals surface area contributed by atoms with Gasteiger partial charge in [-0.05, 0) is 49.4 Å². The molecule has 28 heavy (non-hydrogen) atoms. The Morgan fingerprint density at radius 2 is 2.04 bits per heavy atom. The van der Waals surface area contributed by atoms with Crippen molar-refractivity contribution in [3.8, 4) is 11.5 Å². The van der Waals surface area contributed by atoms with Crippen molar-refractivity contribution in [2.24, 2.45) is 5.92 Å². The van der Waals surface area contributed by atoms with Gasteiger partial charge in [-0.15, -0.1) is 0 Å². The van der Waals surface area contributed by atoms with E-state index < -0.39 is 23.1 Å². The van der Waals surface area contributed by atoms with Crippen LogP contribution in [0.5, 0.6) is 11.5 Å². The summed E-state index contributed by atoms with van der Waals surface area (Å²) >= 11 is 0. The second-order valence-electron chi connectivity index (χ2n) is 8.73. The molecule has 6 rings (SSSR count). The summed E-state index contributed by atoms with van der Waals surface area (Å²) in [6.45, 7) is 0.654. The maximum atomic E-state index is 17.0. The van der Waals surface area contributed by atoms with E-state index in [1.165, 1.54) is 0 Å². The summed E-state index contributed by atoms with van der Waals surface area (Å²) in [5, 5.41) is 13.8. The fourth-order valence-corrected chi connectivity index (χ4v) is 6.37. The molecule has 2 bridgehead atoms. The molecule has 2 aromatic rings. The highest BCUT2D eigenvalue weighted by Gasteiger charge is 2.74. The molecule has 0 radical (unpaired) electrons. The summed E-state index contributed by atoms with van der Waals surface area (Å²) in [5.74, 6) is -0.111. The van der Waals surface area contributed by atoms with Crippen molar-refractivity contribution in [2.75, 3.05) is 6.54 Å². The van der Waals surface area contributed by atoms with E-state index in [4.69, 9.17) is 4.74 Å². The molecule has 0 unspecified atom stereocenters. The number of halogens is 1. The van der Waals surface area contributed by atoms with Crippen molar-refractivity contribution in [2.45, 2.75) is 48.9 Å². The first-order valence-corrected chi connectivity index (χ1v) is 10.1. The Morgan fingerprint density at radius 3 is 2.86 bits per heavy atom. The number of carbonyl (C=O) groups excluding carboxylic acids is 1. The second-order valence-corrected chi connectivity index (χ2v) is 8.73. The lowest BCUT2D eigenvalue weighted by atomic mass is 9.48. The molecule has 1 saturated heterocycles. The lowest BCUT2D eigenvalue weighted by molar-refractivity contribution is -0.156. The molecule has 1 saturated carbocycles. The number of benzene rings is 2. The van der Waals surface area contributed by atoms with E-state index in [9.17, 15) is 9.90 Å². The predicted octanol–water partition coefficient (Wildman–Crippen LogP) is 2.85. The van der Waals surface area contributed by atoms with Crippen molar-refractivity contribution in [1.82, 2.24) is 5.32 Å². The van der Waals surface area contributed by atoms with Gasteiger partial charge in [0.1, 0.15) is 5.67 Å². The van der Waals surface area contributed by atoms with E-state index in [1.807, 2.05) is 36.4 Å². The van der Waals surface area contributed by atoms with Crippen LogP contribution in [0.3, 0.4) is 0 Å². The lowest BCUT2D eigenvalue weighted by Gasteiger charge is -2.59. The van der Waals surface area contributed by atoms with Crippen LogP contribution in [0.2, 0.25) is 0 Å². The summed E-state index contributed by atoms with van der Waals surface area (Å²) in [6, 6.07) is 12.9. The number of phenols is 1. The van der Waals surface area contributed by atoms with Crippen LogP contribution in [0, 0.1) is 5.92 Å². The number of Topliss-reactive ketones (excluding diaryl/α,β-unsaturated/α-hetero) is 1. The van der Waals surface area contributed by atoms with Crippen LogP contribution in [0.4, 0.5) is 4.39 Å². The summed E-state index contributed by atoms with van der Waals surface area (Å²) in [7, 11) is 0. The van der Waals surface area contributed by atoms with Crippen LogP contribution in [0.15, 0.2) is 42.5 Å². The standard InChI is InChI=1S/C23H22FNO3/c24-23-12-15(10-13-4-2-1-3-5-13)19(27)21-22(23)8-9-25-17(23)11-14-6-7-16(26)20(28-21)18(14)22/h1-7,15,17,21,25-26H,8-12H2/t15-,17+,21-,22-,23+/m0/s1. The molecule has 2 heterocycles. The smallest absolute Gasteiger partial charge is 0.177 e. The normalized spacial score (nSPS) is 37.3. The molecule has 2 aliphatic carbocycles. The minimum atomic E-state index is -1.56. The largest absolute Gasteiger partial charge is 0.504 e. The third-order valence-corrected chi connectivity index (χ3v) is 7.51. The van der Waals surface area contributed by atoms with Crippen molar-refractivity contribution < 1.29 is 19.0 Å². The number of ketones is 1. The lowest BCUT2D eigenvalue weighted by Crippen LogP contribution is -2.75. The fraction of sp³-hybridized carbons (Fsp3) is 0.435. The zero-order valence-corrected chi connectivity index (χ0v) is 15.5. The van der Waals surface area contributed by atoms with Crippen molar-refractivity contribution in [1.29, 1.82) is 0 Å². The van der Waals surface area contributed by atoms with E-state index in [2.05, 4.69) is 5.32 Å². The van der Waals surface area contributed by atoms with Crippen LogP contribution in [0.25, 0.3) is 0 Å². The molecule has 2 N–H and O–H groups in total. The number of aromatic hydroxyl groups is 1. The molecular weight excluding hydrogens is 357 g/mol. The topological polar surface area (TPSA) is 58.6 Å². The Balaban J connectivity index is 1.51. The first-order valence-electron chi connectivity index (χ1n) is 10.1. The molecule has 4 aliphatic rings. The SMILES string of the molecule is O=C1[C@@H](Cc2ccccc2)C[C@@]2(F)[C@H]3Cc4ccc(O)c5c4[C@@]2(CCN3)[C@H]1O5. The van der Waals surface area contributed by atoms with Crippen molar-refractivity contribution >= 4 is 5.78 Å². The maximum Gasteiger partial charge on any atom is 0.177 e. The van der Waals surface area contributed by atoms with Gasteiger partial charge in [0.2, 0.25) is 0 Å². The number of hydrogen-bond donors (Lipinski definition) is 2. The Hall–Kier alpha value is -2.40. The number of carbonyl (C=O) groups is 1. The summed E-state index contributed by atoms with van der Waals surface area (Å²) in [5.41, 5.74) is 0.247. The molecule has 5 atom stereocenters. The quantitative estimate of drug-likeness (QED) is 0.843. The minimum absolute atomic E-state index is 0.00858. The predicted molar refractivity (Wildman–Crippen MR) is 101 cm³/mol. The average Bonchev–Trinajstić information content (AvgIpc) is 3.03. The van der Waals surface area contributed by atoms with Gasteiger partial charge in [0.05, 0.1) is 5.41 Å². The molecule has 2 fully saturated rings. The van der Waals surface area contributed by atoms with Gasteiger partial charge in [0.15, 0.2) is 23.4 Å². The van der Waals surface area contributed by atoms with Gasteiger partial charge in [-0.25, -0.2) is 4.39 Å². The van der Waals surface area contributed by atoms with Gasteiger partial charge in [-0.1, -0.05) is 36.4 Å². The molecule has 4 nitrogen and oxygen atoms in total. The van der Waals surface area contributed by atoms with E-state index in [1.54, 1.807) is 6.07 Å². The first-order chi connectivity index (χ1) is 13.5. The van der Waals surface area contributed by atoms with E-state index in [0.717, 1.165) is 16.7 Å². The van der Waals surface area contributed by atoms with Gasteiger partial charge >= 0.3 is 0 Å². The van der Waals surface area contributed by atoms with Gasteiger partial charge in [-0.2, -0.15) is 0 Å². The number of piperidine rings is 1. The van der Waals surface area contributed by atoms with Crippen LogP contribution >= 0.6 is 0 Å². The van der Waals surface area contributed by atoms with Crippen LogP contribution in [-0.2, 0) is 23.1 Å². The van der Waals surface area contributed by atoms with Gasteiger partial charge in [-0.3, -0.25) is 4.79 Å². The van der Waals surface area contributed by atoms with Crippen molar-refractivity contribution in [3.63, 3.8) is 0 Å². The molecule has 144 valence electrons.